The standard InChI is InChI=1S/C16H28N4S/c1-3-5-14-15(17-8-4-2)19-12-20-16(14)18-11-13-6-9-21-10-7-13/h12-13H,3-11H2,1-2H3,(H2,17,18,19,20). The summed E-state index contributed by atoms with van der Waals surface area (Å²) in [5.41, 5.74) is 1.25. The van der Waals surface area contributed by atoms with Gasteiger partial charge in [-0.15, -0.1) is 0 Å². The van der Waals surface area contributed by atoms with Gasteiger partial charge in [0.15, 0.2) is 0 Å². The first kappa shape index (κ1) is 16.4. The van der Waals surface area contributed by atoms with Crippen molar-refractivity contribution in [1.29, 1.82) is 0 Å². The third kappa shape index (κ3) is 5.06. The lowest BCUT2D eigenvalue weighted by Gasteiger charge is -2.23. The van der Waals surface area contributed by atoms with Crippen molar-refractivity contribution in [2.24, 2.45) is 5.92 Å². The lowest BCUT2D eigenvalue weighted by Crippen LogP contribution is -2.20. The molecule has 1 saturated heterocycles. The molecule has 0 bridgehead atoms. The van der Waals surface area contributed by atoms with E-state index >= 15 is 0 Å². The highest BCUT2D eigenvalue weighted by Crippen LogP contribution is 2.25. The average molecular weight is 308 g/mol. The van der Waals surface area contributed by atoms with Crippen LogP contribution in [0.1, 0.15) is 45.1 Å². The van der Waals surface area contributed by atoms with Crippen LogP contribution in [0, 0.1) is 5.92 Å². The molecule has 1 aliphatic heterocycles. The second kappa shape index (κ2) is 9.13. The largest absolute Gasteiger partial charge is 0.370 e. The molecule has 1 fully saturated rings. The zero-order valence-corrected chi connectivity index (χ0v) is 14.1. The molecular weight excluding hydrogens is 280 g/mol. The minimum Gasteiger partial charge on any atom is -0.370 e. The summed E-state index contributed by atoms with van der Waals surface area (Å²) >= 11 is 2.08. The van der Waals surface area contributed by atoms with E-state index in [-0.39, 0.29) is 0 Å². The van der Waals surface area contributed by atoms with Crippen LogP contribution in [0.3, 0.4) is 0 Å². The Morgan fingerprint density at radius 1 is 1.10 bits per heavy atom. The number of aromatic nitrogens is 2. The first-order chi connectivity index (χ1) is 10.3. The van der Waals surface area contributed by atoms with E-state index in [1.54, 1.807) is 6.33 Å². The summed E-state index contributed by atoms with van der Waals surface area (Å²) in [6.45, 7) is 6.39. The Hall–Kier alpha value is -0.970. The Morgan fingerprint density at radius 3 is 2.48 bits per heavy atom. The Labute approximate surface area is 132 Å². The van der Waals surface area contributed by atoms with Crippen LogP contribution in [0.4, 0.5) is 11.6 Å². The van der Waals surface area contributed by atoms with Crippen LogP contribution >= 0.6 is 11.8 Å². The highest BCUT2D eigenvalue weighted by atomic mass is 32.2. The van der Waals surface area contributed by atoms with Crippen molar-refractivity contribution in [3.05, 3.63) is 11.9 Å². The molecule has 4 nitrogen and oxygen atoms in total. The Bertz CT molecular complexity index is 419. The Kier molecular flexibility index (Phi) is 7.13. The number of rotatable bonds is 8. The van der Waals surface area contributed by atoms with Gasteiger partial charge >= 0.3 is 0 Å². The van der Waals surface area contributed by atoms with Crippen molar-refractivity contribution in [3.8, 4) is 0 Å². The van der Waals surface area contributed by atoms with E-state index in [0.717, 1.165) is 49.9 Å². The monoisotopic (exact) mass is 308 g/mol. The van der Waals surface area contributed by atoms with E-state index in [9.17, 15) is 0 Å². The van der Waals surface area contributed by atoms with Crippen LogP contribution in [0.15, 0.2) is 6.33 Å². The van der Waals surface area contributed by atoms with Crippen LogP contribution in [0.5, 0.6) is 0 Å². The van der Waals surface area contributed by atoms with Crippen molar-refractivity contribution >= 4 is 23.4 Å². The summed E-state index contributed by atoms with van der Waals surface area (Å²) in [4.78, 5) is 8.91. The molecule has 0 spiro atoms. The summed E-state index contributed by atoms with van der Waals surface area (Å²) in [5.74, 6) is 5.45. The van der Waals surface area contributed by atoms with Gasteiger partial charge in [0.1, 0.15) is 18.0 Å². The second-order valence-electron chi connectivity index (χ2n) is 5.66. The van der Waals surface area contributed by atoms with Gasteiger partial charge in [0.25, 0.3) is 0 Å². The van der Waals surface area contributed by atoms with E-state index in [0.29, 0.717) is 0 Å². The number of nitrogens with zero attached hydrogens (tertiary/aromatic N) is 2. The van der Waals surface area contributed by atoms with Gasteiger partial charge in [-0.3, -0.25) is 0 Å². The summed E-state index contributed by atoms with van der Waals surface area (Å²) in [6.07, 6.45) is 7.58. The lowest BCUT2D eigenvalue weighted by molar-refractivity contribution is 0.515. The number of hydrogen-bond donors (Lipinski definition) is 2. The fourth-order valence-electron chi connectivity index (χ4n) is 2.64. The molecular formula is C16H28N4S. The first-order valence-corrected chi connectivity index (χ1v) is 9.40. The van der Waals surface area contributed by atoms with Crippen molar-refractivity contribution in [2.75, 3.05) is 35.2 Å². The molecule has 0 radical (unpaired) electrons. The van der Waals surface area contributed by atoms with E-state index in [4.69, 9.17) is 0 Å². The zero-order valence-electron chi connectivity index (χ0n) is 13.3. The number of anilines is 2. The zero-order chi connectivity index (χ0) is 14.9. The molecule has 5 heteroatoms. The maximum atomic E-state index is 4.48. The van der Waals surface area contributed by atoms with Crippen LogP contribution in [0.25, 0.3) is 0 Å². The van der Waals surface area contributed by atoms with Crippen molar-refractivity contribution < 1.29 is 0 Å². The van der Waals surface area contributed by atoms with Gasteiger partial charge in [0.05, 0.1) is 0 Å². The second-order valence-corrected chi connectivity index (χ2v) is 6.89. The molecule has 1 aromatic heterocycles. The van der Waals surface area contributed by atoms with Gasteiger partial charge in [-0.25, -0.2) is 9.97 Å². The van der Waals surface area contributed by atoms with Crippen LogP contribution in [0.2, 0.25) is 0 Å². The molecule has 0 aromatic carbocycles. The Morgan fingerprint density at radius 2 is 1.81 bits per heavy atom. The van der Waals surface area contributed by atoms with Crippen molar-refractivity contribution in [2.45, 2.75) is 46.0 Å². The van der Waals surface area contributed by atoms with Crippen LogP contribution < -0.4 is 10.6 Å². The van der Waals surface area contributed by atoms with Gasteiger partial charge < -0.3 is 10.6 Å². The summed E-state index contributed by atoms with van der Waals surface area (Å²) in [7, 11) is 0. The van der Waals surface area contributed by atoms with Crippen LogP contribution in [-0.4, -0.2) is 34.6 Å². The minimum atomic E-state index is 0.794. The molecule has 0 aliphatic carbocycles. The van der Waals surface area contributed by atoms with Gasteiger partial charge in [-0.2, -0.15) is 11.8 Å². The third-order valence-electron chi connectivity index (χ3n) is 3.89. The molecule has 2 rings (SSSR count). The smallest absolute Gasteiger partial charge is 0.134 e. The first-order valence-electron chi connectivity index (χ1n) is 8.24. The molecule has 1 aliphatic rings. The highest BCUT2D eigenvalue weighted by molar-refractivity contribution is 7.99. The summed E-state index contributed by atoms with van der Waals surface area (Å²) in [5, 5.41) is 7.02. The molecule has 21 heavy (non-hydrogen) atoms. The van der Waals surface area contributed by atoms with Gasteiger partial charge in [0.2, 0.25) is 0 Å². The normalized spacial score (nSPS) is 15.9. The molecule has 1 aromatic rings. The topological polar surface area (TPSA) is 49.8 Å². The molecule has 0 amide bonds. The fraction of sp³-hybridized carbons (Fsp3) is 0.750. The van der Waals surface area contributed by atoms with Crippen molar-refractivity contribution in [3.63, 3.8) is 0 Å². The van der Waals surface area contributed by atoms with Gasteiger partial charge in [-0.05, 0) is 43.1 Å². The predicted molar refractivity (Wildman–Crippen MR) is 93.3 cm³/mol. The summed E-state index contributed by atoms with van der Waals surface area (Å²) in [6, 6.07) is 0. The van der Waals surface area contributed by atoms with Crippen molar-refractivity contribution in [1.82, 2.24) is 9.97 Å². The van der Waals surface area contributed by atoms with E-state index in [2.05, 4.69) is 46.2 Å². The number of nitrogens with one attached hydrogen (secondary N) is 2. The third-order valence-corrected chi connectivity index (χ3v) is 4.94. The molecule has 0 saturated carbocycles. The maximum Gasteiger partial charge on any atom is 0.134 e. The molecule has 2 N–H and O–H groups in total. The van der Waals surface area contributed by atoms with Gasteiger partial charge in [0, 0.05) is 18.7 Å². The highest BCUT2D eigenvalue weighted by Gasteiger charge is 2.15. The lowest BCUT2D eigenvalue weighted by atomic mass is 10.0. The van der Waals surface area contributed by atoms with E-state index in [1.807, 2.05) is 0 Å². The number of hydrogen-bond acceptors (Lipinski definition) is 5. The SMILES string of the molecule is CCCNc1ncnc(NCC2CCSCC2)c1CCC. The molecule has 0 atom stereocenters. The minimum absolute atomic E-state index is 0.794. The average Bonchev–Trinajstić information content (AvgIpc) is 2.53. The predicted octanol–water partition coefficient (Wildman–Crippen LogP) is 3.81. The quantitative estimate of drug-likeness (QED) is 0.765. The van der Waals surface area contributed by atoms with E-state index < -0.39 is 0 Å². The van der Waals surface area contributed by atoms with E-state index in [1.165, 1.54) is 29.9 Å². The molecule has 118 valence electrons. The molecule has 0 unspecified atom stereocenters. The summed E-state index contributed by atoms with van der Waals surface area (Å²) < 4.78 is 0. The fourth-order valence-corrected chi connectivity index (χ4v) is 3.84. The maximum absolute atomic E-state index is 4.48. The van der Waals surface area contributed by atoms with Gasteiger partial charge in [-0.1, -0.05) is 20.3 Å². The number of thioether (sulfide) groups is 1. The molecule has 2 heterocycles. The Balaban J connectivity index is 2.02. The van der Waals surface area contributed by atoms with Crippen LogP contribution in [-0.2, 0) is 6.42 Å².